The third kappa shape index (κ3) is 8.60. The lowest BCUT2D eigenvalue weighted by molar-refractivity contribution is -0.159. The third-order valence-corrected chi connectivity index (χ3v) is 6.97. The van der Waals surface area contributed by atoms with Crippen LogP contribution < -0.4 is 10.6 Å². The van der Waals surface area contributed by atoms with Crippen LogP contribution in [0.25, 0.3) is 0 Å². The highest BCUT2D eigenvalue weighted by atomic mass is 16.5. The van der Waals surface area contributed by atoms with Crippen molar-refractivity contribution in [2.24, 2.45) is 5.92 Å². The Labute approximate surface area is 218 Å². The first-order valence-corrected chi connectivity index (χ1v) is 13.0. The fourth-order valence-corrected chi connectivity index (χ4v) is 4.44. The van der Waals surface area contributed by atoms with E-state index in [0.717, 1.165) is 43.2 Å². The predicted molar refractivity (Wildman–Crippen MR) is 139 cm³/mol. The number of ether oxygens (including phenoxy) is 2. The molecule has 0 radical (unpaired) electrons. The zero-order chi connectivity index (χ0) is 26.7. The molecule has 1 saturated carbocycles. The van der Waals surface area contributed by atoms with Gasteiger partial charge in [0, 0.05) is 0 Å². The molecule has 200 valence electrons. The van der Waals surface area contributed by atoms with Crippen molar-refractivity contribution in [3.8, 4) is 0 Å². The molecule has 0 saturated heterocycles. The van der Waals surface area contributed by atoms with Gasteiger partial charge in [-0.25, -0.2) is 9.59 Å². The number of hydrogen-bond acceptors (Lipinski definition) is 6. The average molecular weight is 511 g/mol. The zero-order valence-corrected chi connectivity index (χ0v) is 21.7. The standard InChI is InChI=1S/C29H38N2O6/c1-21(32)29(2,27(34)36-19-23-14-8-4-9-15-23)31-26(33)25(18-22-12-6-3-7-13-22)30-28(35)37-20-24-16-10-5-11-17-24/h4-5,8-11,14-17,21-22,25,32H,3,6-7,12-13,18-20H2,1-2H3,(H,30,35)(H,31,33)/t21-,25?,29-/m1/s1. The molecule has 0 aliphatic heterocycles. The molecule has 0 aromatic heterocycles. The van der Waals surface area contributed by atoms with Gasteiger partial charge < -0.3 is 25.2 Å². The summed E-state index contributed by atoms with van der Waals surface area (Å²) in [5, 5.41) is 15.8. The quantitative estimate of drug-likeness (QED) is 0.390. The van der Waals surface area contributed by atoms with Crippen molar-refractivity contribution in [2.45, 2.75) is 83.3 Å². The van der Waals surface area contributed by atoms with E-state index in [-0.39, 0.29) is 19.1 Å². The number of alkyl carbamates (subject to hydrolysis) is 1. The van der Waals surface area contributed by atoms with Gasteiger partial charge in [-0.3, -0.25) is 4.79 Å². The number of carbonyl (C=O) groups excluding carboxylic acids is 3. The van der Waals surface area contributed by atoms with Crippen LogP contribution in [-0.2, 0) is 32.3 Å². The highest BCUT2D eigenvalue weighted by Crippen LogP contribution is 2.28. The SMILES string of the molecule is C[C@@H](O)[C@@](C)(NC(=O)C(CC1CCCCC1)NC(=O)OCc1ccccc1)C(=O)OCc1ccccc1. The van der Waals surface area contributed by atoms with Crippen molar-refractivity contribution in [3.63, 3.8) is 0 Å². The number of aliphatic hydroxyl groups excluding tert-OH is 1. The zero-order valence-electron chi connectivity index (χ0n) is 21.7. The number of hydrogen-bond donors (Lipinski definition) is 3. The molecule has 1 unspecified atom stereocenters. The third-order valence-electron chi connectivity index (χ3n) is 6.97. The number of rotatable bonds is 11. The van der Waals surface area contributed by atoms with E-state index in [2.05, 4.69) is 10.6 Å². The molecule has 3 N–H and O–H groups in total. The fraction of sp³-hybridized carbons (Fsp3) is 0.483. The normalized spacial score (nSPS) is 17.1. The molecule has 0 spiro atoms. The number of aliphatic hydroxyl groups is 1. The second-order valence-electron chi connectivity index (χ2n) is 9.93. The Morgan fingerprint density at radius 3 is 2.00 bits per heavy atom. The van der Waals surface area contributed by atoms with Crippen molar-refractivity contribution in [2.75, 3.05) is 0 Å². The lowest BCUT2D eigenvalue weighted by Crippen LogP contribution is -2.63. The van der Waals surface area contributed by atoms with Gasteiger partial charge in [0.15, 0.2) is 5.54 Å². The second-order valence-corrected chi connectivity index (χ2v) is 9.93. The first-order valence-electron chi connectivity index (χ1n) is 13.0. The molecule has 1 aliphatic rings. The van der Waals surface area contributed by atoms with Crippen LogP contribution in [0.3, 0.4) is 0 Å². The van der Waals surface area contributed by atoms with Crippen molar-refractivity contribution < 1.29 is 29.0 Å². The first kappa shape index (κ1) is 28.2. The van der Waals surface area contributed by atoms with E-state index in [1.54, 1.807) is 0 Å². The molecular weight excluding hydrogens is 472 g/mol. The van der Waals surface area contributed by atoms with Gasteiger partial charge in [0.1, 0.15) is 19.3 Å². The average Bonchev–Trinajstić information content (AvgIpc) is 2.91. The molecule has 1 fully saturated rings. The summed E-state index contributed by atoms with van der Waals surface area (Å²) < 4.78 is 10.8. The largest absolute Gasteiger partial charge is 0.459 e. The monoisotopic (exact) mass is 510 g/mol. The van der Waals surface area contributed by atoms with Crippen LogP contribution in [0.5, 0.6) is 0 Å². The van der Waals surface area contributed by atoms with Crippen LogP contribution in [0.15, 0.2) is 60.7 Å². The van der Waals surface area contributed by atoms with Crippen LogP contribution in [-0.4, -0.2) is 40.8 Å². The van der Waals surface area contributed by atoms with E-state index < -0.39 is 35.7 Å². The highest BCUT2D eigenvalue weighted by Gasteiger charge is 2.43. The van der Waals surface area contributed by atoms with Crippen LogP contribution in [0.2, 0.25) is 0 Å². The summed E-state index contributed by atoms with van der Waals surface area (Å²) in [6.07, 6.45) is 3.72. The van der Waals surface area contributed by atoms with E-state index >= 15 is 0 Å². The number of esters is 1. The summed E-state index contributed by atoms with van der Waals surface area (Å²) in [6.45, 7) is 2.92. The molecule has 8 heteroatoms. The molecule has 0 bridgehead atoms. The number of carbonyl (C=O) groups is 3. The molecule has 0 heterocycles. The highest BCUT2D eigenvalue weighted by molar-refractivity contribution is 5.92. The lowest BCUT2D eigenvalue weighted by atomic mass is 9.84. The van der Waals surface area contributed by atoms with Crippen molar-refractivity contribution in [1.82, 2.24) is 10.6 Å². The van der Waals surface area contributed by atoms with E-state index in [0.29, 0.717) is 6.42 Å². The van der Waals surface area contributed by atoms with Gasteiger partial charge >= 0.3 is 12.1 Å². The summed E-state index contributed by atoms with van der Waals surface area (Å²) in [5.41, 5.74) is -0.0892. The topological polar surface area (TPSA) is 114 Å². The Balaban J connectivity index is 1.67. The molecule has 2 aromatic carbocycles. The molecule has 8 nitrogen and oxygen atoms in total. The molecule has 1 aliphatic carbocycles. The number of amides is 2. The molecule has 3 rings (SSSR count). The molecule has 2 amide bonds. The Kier molecular flexibility index (Phi) is 10.5. The van der Waals surface area contributed by atoms with Crippen LogP contribution in [0.1, 0.15) is 63.5 Å². The van der Waals surface area contributed by atoms with E-state index in [4.69, 9.17) is 9.47 Å². The Morgan fingerprint density at radius 1 is 0.919 bits per heavy atom. The Hall–Kier alpha value is -3.39. The smallest absolute Gasteiger partial charge is 0.408 e. The van der Waals surface area contributed by atoms with Gasteiger partial charge in [0.2, 0.25) is 5.91 Å². The molecule has 3 atom stereocenters. The number of nitrogens with one attached hydrogen (secondary N) is 2. The molecule has 2 aromatic rings. The fourth-order valence-electron chi connectivity index (χ4n) is 4.44. The van der Waals surface area contributed by atoms with E-state index in [1.807, 2.05) is 60.7 Å². The van der Waals surface area contributed by atoms with Gasteiger partial charge in [-0.15, -0.1) is 0 Å². The van der Waals surface area contributed by atoms with Gasteiger partial charge in [0.25, 0.3) is 0 Å². The molecular formula is C29H38N2O6. The minimum atomic E-state index is -1.70. The molecule has 37 heavy (non-hydrogen) atoms. The lowest BCUT2D eigenvalue weighted by Gasteiger charge is -2.34. The van der Waals surface area contributed by atoms with Crippen molar-refractivity contribution >= 4 is 18.0 Å². The number of benzene rings is 2. The van der Waals surface area contributed by atoms with E-state index in [1.165, 1.54) is 13.8 Å². The summed E-state index contributed by atoms with van der Waals surface area (Å²) in [7, 11) is 0. The van der Waals surface area contributed by atoms with Gasteiger partial charge in [-0.2, -0.15) is 0 Å². The van der Waals surface area contributed by atoms with Crippen LogP contribution in [0, 0.1) is 5.92 Å². The van der Waals surface area contributed by atoms with Crippen LogP contribution in [0.4, 0.5) is 4.79 Å². The summed E-state index contributed by atoms with van der Waals surface area (Å²) in [6, 6.07) is 17.5. The maximum Gasteiger partial charge on any atom is 0.408 e. The maximum absolute atomic E-state index is 13.4. The maximum atomic E-state index is 13.4. The second kappa shape index (κ2) is 13.8. The Morgan fingerprint density at radius 2 is 1.46 bits per heavy atom. The van der Waals surface area contributed by atoms with Crippen molar-refractivity contribution in [3.05, 3.63) is 71.8 Å². The minimum Gasteiger partial charge on any atom is -0.459 e. The summed E-state index contributed by atoms with van der Waals surface area (Å²) >= 11 is 0. The predicted octanol–water partition coefficient (Wildman–Crippen LogP) is 4.25. The van der Waals surface area contributed by atoms with Gasteiger partial charge in [0.05, 0.1) is 6.10 Å². The van der Waals surface area contributed by atoms with Gasteiger partial charge in [-0.05, 0) is 37.3 Å². The minimum absolute atomic E-state index is 0.00736. The van der Waals surface area contributed by atoms with E-state index in [9.17, 15) is 19.5 Å². The first-order chi connectivity index (χ1) is 17.8. The van der Waals surface area contributed by atoms with Crippen molar-refractivity contribution in [1.29, 1.82) is 0 Å². The van der Waals surface area contributed by atoms with Crippen LogP contribution >= 0.6 is 0 Å². The summed E-state index contributed by atoms with van der Waals surface area (Å²) in [5.74, 6) is -1.06. The summed E-state index contributed by atoms with van der Waals surface area (Å²) in [4.78, 5) is 39.0. The Bertz CT molecular complexity index is 1010. The van der Waals surface area contributed by atoms with Gasteiger partial charge in [-0.1, -0.05) is 92.8 Å².